The summed E-state index contributed by atoms with van der Waals surface area (Å²) < 4.78 is 0. The van der Waals surface area contributed by atoms with E-state index in [1.165, 1.54) is 32.2 Å². The Balaban J connectivity index is 1.61. The molecular formula is C11H22N2. The average Bonchev–Trinajstić information content (AvgIpc) is 2.73. The maximum Gasteiger partial charge on any atom is 0.00200 e. The van der Waals surface area contributed by atoms with Crippen LogP contribution in [0, 0.1) is 17.3 Å². The molecule has 2 unspecified atom stereocenters. The van der Waals surface area contributed by atoms with Crippen molar-refractivity contribution in [2.75, 3.05) is 19.6 Å². The minimum Gasteiger partial charge on any atom is -0.330 e. The summed E-state index contributed by atoms with van der Waals surface area (Å²) in [5.41, 5.74) is 6.27. The van der Waals surface area contributed by atoms with E-state index in [0.717, 1.165) is 24.9 Å². The molecule has 0 saturated heterocycles. The zero-order chi connectivity index (χ0) is 9.31. The molecule has 76 valence electrons. The van der Waals surface area contributed by atoms with E-state index in [1.807, 2.05) is 0 Å². The van der Waals surface area contributed by atoms with Crippen molar-refractivity contribution in [3.8, 4) is 0 Å². The Morgan fingerprint density at radius 3 is 2.54 bits per heavy atom. The monoisotopic (exact) mass is 182 g/mol. The van der Waals surface area contributed by atoms with Crippen molar-refractivity contribution in [1.29, 1.82) is 0 Å². The molecule has 2 fully saturated rings. The molecule has 2 aliphatic carbocycles. The summed E-state index contributed by atoms with van der Waals surface area (Å²) in [5, 5.41) is 3.59. The molecule has 2 saturated carbocycles. The van der Waals surface area contributed by atoms with Crippen LogP contribution in [0.15, 0.2) is 0 Å². The molecular weight excluding hydrogens is 160 g/mol. The van der Waals surface area contributed by atoms with Gasteiger partial charge in [0.25, 0.3) is 0 Å². The number of nitrogens with one attached hydrogen (secondary N) is 1. The Hall–Kier alpha value is -0.0800. The molecule has 0 radical (unpaired) electrons. The maximum absolute atomic E-state index is 5.79. The van der Waals surface area contributed by atoms with E-state index < -0.39 is 0 Å². The van der Waals surface area contributed by atoms with E-state index >= 15 is 0 Å². The van der Waals surface area contributed by atoms with Crippen LogP contribution in [0.2, 0.25) is 0 Å². The van der Waals surface area contributed by atoms with Crippen molar-refractivity contribution in [2.45, 2.75) is 32.6 Å². The molecule has 2 atom stereocenters. The van der Waals surface area contributed by atoms with Crippen molar-refractivity contribution in [2.24, 2.45) is 23.0 Å². The zero-order valence-corrected chi connectivity index (χ0v) is 8.68. The predicted molar refractivity (Wildman–Crippen MR) is 55.5 cm³/mol. The lowest BCUT2D eigenvalue weighted by atomic mass is 9.69. The van der Waals surface area contributed by atoms with Crippen LogP contribution in [0.5, 0.6) is 0 Å². The molecule has 0 aromatic rings. The minimum atomic E-state index is 0.484. The largest absolute Gasteiger partial charge is 0.330 e. The van der Waals surface area contributed by atoms with Crippen LogP contribution in [0.3, 0.4) is 0 Å². The van der Waals surface area contributed by atoms with Gasteiger partial charge in [0.2, 0.25) is 0 Å². The van der Waals surface area contributed by atoms with Crippen molar-refractivity contribution >= 4 is 0 Å². The number of nitrogens with two attached hydrogens (primary N) is 1. The van der Waals surface area contributed by atoms with Crippen LogP contribution in [-0.4, -0.2) is 19.6 Å². The van der Waals surface area contributed by atoms with Crippen molar-refractivity contribution in [3.05, 3.63) is 0 Å². The van der Waals surface area contributed by atoms with Gasteiger partial charge in [0, 0.05) is 6.54 Å². The van der Waals surface area contributed by atoms with Gasteiger partial charge < -0.3 is 11.1 Å². The van der Waals surface area contributed by atoms with E-state index in [0.29, 0.717) is 5.41 Å². The number of hydrogen-bond acceptors (Lipinski definition) is 2. The van der Waals surface area contributed by atoms with Gasteiger partial charge in [-0.25, -0.2) is 0 Å². The lowest BCUT2D eigenvalue weighted by Gasteiger charge is -2.41. The highest BCUT2D eigenvalue weighted by Crippen LogP contribution is 2.40. The smallest absolute Gasteiger partial charge is 0.00200 e. The highest BCUT2D eigenvalue weighted by molar-refractivity contribution is 4.92. The fraction of sp³-hybridized carbons (Fsp3) is 1.00. The van der Waals surface area contributed by atoms with E-state index in [9.17, 15) is 0 Å². The zero-order valence-electron chi connectivity index (χ0n) is 8.68. The normalized spacial score (nSPS) is 35.5. The van der Waals surface area contributed by atoms with Crippen molar-refractivity contribution in [1.82, 2.24) is 5.32 Å². The fourth-order valence-electron chi connectivity index (χ4n) is 2.34. The first-order valence-electron chi connectivity index (χ1n) is 5.66. The molecule has 0 aromatic carbocycles. The summed E-state index contributed by atoms with van der Waals surface area (Å²) in [4.78, 5) is 0. The van der Waals surface area contributed by atoms with Crippen molar-refractivity contribution in [3.63, 3.8) is 0 Å². The Morgan fingerprint density at radius 1 is 1.46 bits per heavy atom. The standard InChI is InChI=1S/C11H22N2/c1-9-5-10(9)6-13-8-11(7-12)3-2-4-11/h9-10,13H,2-8,12H2,1H3. The number of rotatable bonds is 5. The quantitative estimate of drug-likeness (QED) is 0.674. The van der Waals surface area contributed by atoms with Gasteiger partial charge in [-0.15, -0.1) is 0 Å². The minimum absolute atomic E-state index is 0.484. The second-order valence-electron chi connectivity index (χ2n) is 5.16. The number of hydrogen-bond donors (Lipinski definition) is 2. The van der Waals surface area contributed by atoms with E-state index in [-0.39, 0.29) is 0 Å². The van der Waals surface area contributed by atoms with E-state index in [1.54, 1.807) is 0 Å². The van der Waals surface area contributed by atoms with E-state index in [4.69, 9.17) is 5.73 Å². The summed E-state index contributed by atoms with van der Waals surface area (Å²) in [6, 6.07) is 0. The lowest BCUT2D eigenvalue weighted by molar-refractivity contribution is 0.140. The first-order chi connectivity index (χ1) is 6.26. The van der Waals surface area contributed by atoms with Gasteiger partial charge in [-0.1, -0.05) is 13.3 Å². The molecule has 0 amide bonds. The third-order valence-electron chi connectivity index (χ3n) is 4.03. The molecule has 2 aliphatic rings. The van der Waals surface area contributed by atoms with Gasteiger partial charge in [-0.3, -0.25) is 0 Å². The summed E-state index contributed by atoms with van der Waals surface area (Å²) in [7, 11) is 0. The van der Waals surface area contributed by atoms with E-state index in [2.05, 4.69) is 12.2 Å². The molecule has 0 aliphatic heterocycles. The molecule has 0 aromatic heterocycles. The van der Waals surface area contributed by atoms with Gasteiger partial charge in [0.15, 0.2) is 0 Å². The molecule has 0 heterocycles. The third kappa shape index (κ3) is 2.05. The molecule has 2 nitrogen and oxygen atoms in total. The Morgan fingerprint density at radius 2 is 2.15 bits per heavy atom. The second-order valence-corrected chi connectivity index (χ2v) is 5.16. The van der Waals surface area contributed by atoms with Gasteiger partial charge >= 0.3 is 0 Å². The Kier molecular flexibility index (Phi) is 2.61. The van der Waals surface area contributed by atoms with Gasteiger partial charge in [-0.2, -0.15) is 0 Å². The highest BCUT2D eigenvalue weighted by Gasteiger charge is 2.36. The summed E-state index contributed by atoms with van der Waals surface area (Å²) in [5.74, 6) is 1.94. The topological polar surface area (TPSA) is 38.0 Å². The fourth-order valence-corrected chi connectivity index (χ4v) is 2.34. The van der Waals surface area contributed by atoms with Crippen LogP contribution in [0.4, 0.5) is 0 Å². The van der Waals surface area contributed by atoms with Crippen LogP contribution < -0.4 is 11.1 Å². The first-order valence-corrected chi connectivity index (χ1v) is 5.66. The summed E-state index contributed by atoms with van der Waals surface area (Å²) in [6.45, 7) is 5.60. The molecule has 3 N–H and O–H groups in total. The summed E-state index contributed by atoms with van der Waals surface area (Å²) in [6.07, 6.45) is 5.51. The van der Waals surface area contributed by atoms with Crippen LogP contribution in [0.25, 0.3) is 0 Å². The molecule has 0 spiro atoms. The maximum atomic E-state index is 5.79. The first kappa shape index (κ1) is 9.47. The molecule has 0 bridgehead atoms. The molecule has 13 heavy (non-hydrogen) atoms. The Labute approximate surface area is 81.3 Å². The lowest BCUT2D eigenvalue weighted by Crippen LogP contribution is -2.45. The third-order valence-corrected chi connectivity index (χ3v) is 4.03. The van der Waals surface area contributed by atoms with Crippen LogP contribution in [-0.2, 0) is 0 Å². The highest BCUT2D eigenvalue weighted by atomic mass is 14.9. The summed E-state index contributed by atoms with van der Waals surface area (Å²) >= 11 is 0. The van der Waals surface area contributed by atoms with Crippen molar-refractivity contribution < 1.29 is 0 Å². The van der Waals surface area contributed by atoms with Crippen LogP contribution in [0.1, 0.15) is 32.6 Å². The average molecular weight is 182 g/mol. The molecule has 2 heteroatoms. The molecule has 2 rings (SSSR count). The Bertz CT molecular complexity index is 169. The SMILES string of the molecule is CC1CC1CNCC1(CN)CCC1. The van der Waals surface area contributed by atoms with Gasteiger partial charge in [-0.05, 0) is 49.6 Å². The predicted octanol–water partition coefficient (Wildman–Crippen LogP) is 1.36. The van der Waals surface area contributed by atoms with Gasteiger partial charge in [0.05, 0.1) is 0 Å². The second kappa shape index (κ2) is 3.58. The van der Waals surface area contributed by atoms with Gasteiger partial charge in [0.1, 0.15) is 0 Å². The van der Waals surface area contributed by atoms with Crippen LogP contribution >= 0.6 is 0 Å².